The molecule has 9 nitrogen and oxygen atoms in total. The number of fused-ring (bicyclic) bond motifs is 18. The molecule has 0 N–H and O–H groups in total. The first-order chi connectivity index (χ1) is 34.1. The summed E-state index contributed by atoms with van der Waals surface area (Å²) in [6, 6.07) is 58.7. The Morgan fingerprint density at radius 3 is 1.77 bits per heavy atom. The predicted molar refractivity (Wildman–Crippen MR) is 273 cm³/mol. The fourth-order valence-corrected chi connectivity index (χ4v) is 11.8. The zero-order valence-electron chi connectivity index (χ0n) is 36.5. The first kappa shape index (κ1) is 37.4. The summed E-state index contributed by atoms with van der Waals surface area (Å²) in [6.07, 6.45) is 7.61. The molecule has 1 aliphatic heterocycles. The number of benzene rings is 7. The molecule has 9 heteroatoms. The van der Waals surface area contributed by atoms with Gasteiger partial charge in [0.2, 0.25) is 0 Å². The Labute approximate surface area is 393 Å². The zero-order valence-corrected chi connectivity index (χ0v) is 36.5. The van der Waals surface area contributed by atoms with Crippen molar-refractivity contribution < 1.29 is 4.74 Å². The van der Waals surface area contributed by atoms with Gasteiger partial charge in [0, 0.05) is 62.4 Å². The van der Waals surface area contributed by atoms with Crippen LogP contribution in [0.2, 0.25) is 0 Å². The van der Waals surface area contributed by atoms with E-state index in [9.17, 15) is 0 Å². The highest BCUT2D eigenvalue weighted by molar-refractivity contribution is 6.12. The molecule has 69 heavy (non-hydrogen) atoms. The van der Waals surface area contributed by atoms with E-state index in [0.717, 1.165) is 116 Å². The molecule has 6 aromatic heterocycles. The molecule has 7 aromatic carbocycles. The fourth-order valence-electron chi connectivity index (χ4n) is 11.8. The van der Waals surface area contributed by atoms with E-state index in [0.29, 0.717) is 22.9 Å². The van der Waals surface area contributed by atoms with Gasteiger partial charge in [0.25, 0.3) is 0 Å². The number of aromatic nitrogens is 6. The molecular weight excluding hydrogens is 849 g/mol. The van der Waals surface area contributed by atoms with Crippen LogP contribution in [0.25, 0.3) is 104 Å². The van der Waals surface area contributed by atoms with Crippen molar-refractivity contribution in [1.82, 2.24) is 28.7 Å². The second kappa shape index (κ2) is 13.6. The molecule has 1 spiro atoms. The van der Waals surface area contributed by atoms with Crippen molar-refractivity contribution in [1.29, 1.82) is 0 Å². The SMILES string of the molecule is [C-]#[N+]c1ccc2c(c1)c1ccccc1n2-c1ccc2c(c1)Oc1cccc(-n3c4ccccc4c4cc([N+]#[C-])ccc43)c1C21c2cccnc2-c2ncc(-n3c4ccccc4c4ccncc43)cc21. The number of para-hydroxylation sites is 3. The lowest BCUT2D eigenvalue weighted by Crippen LogP contribution is -2.34. The first-order valence-electron chi connectivity index (χ1n) is 22.7. The molecule has 1 aliphatic carbocycles. The van der Waals surface area contributed by atoms with Crippen LogP contribution < -0.4 is 4.74 Å². The Kier molecular flexibility index (Phi) is 7.38. The molecule has 15 rings (SSSR count). The van der Waals surface area contributed by atoms with Crippen LogP contribution in [0.4, 0.5) is 11.4 Å². The van der Waals surface area contributed by atoms with Crippen LogP contribution in [0.3, 0.4) is 0 Å². The van der Waals surface area contributed by atoms with E-state index in [1.807, 2.05) is 67.3 Å². The molecule has 0 bridgehead atoms. The summed E-state index contributed by atoms with van der Waals surface area (Å²) in [5, 5.41) is 6.39. The van der Waals surface area contributed by atoms with E-state index in [4.69, 9.17) is 27.8 Å². The Balaban J connectivity index is 1.08. The zero-order chi connectivity index (χ0) is 45.5. The van der Waals surface area contributed by atoms with Crippen molar-refractivity contribution in [2.45, 2.75) is 5.41 Å². The van der Waals surface area contributed by atoms with Crippen molar-refractivity contribution in [2.24, 2.45) is 0 Å². The lowest BCUT2D eigenvalue weighted by molar-refractivity contribution is 0.435. The van der Waals surface area contributed by atoms with Gasteiger partial charge in [-0.3, -0.25) is 15.0 Å². The molecule has 1 unspecified atom stereocenters. The van der Waals surface area contributed by atoms with Gasteiger partial charge in [-0.1, -0.05) is 84.9 Å². The summed E-state index contributed by atoms with van der Waals surface area (Å²) in [6.45, 7) is 15.7. The Bertz CT molecular complexity index is 4470. The van der Waals surface area contributed by atoms with Gasteiger partial charge in [-0.05, 0) is 95.2 Å². The number of pyridine rings is 3. The van der Waals surface area contributed by atoms with E-state index in [1.54, 1.807) is 0 Å². The molecule has 7 heterocycles. The highest BCUT2D eigenvalue weighted by Crippen LogP contribution is 2.63. The number of hydrogen-bond acceptors (Lipinski definition) is 4. The maximum atomic E-state index is 7.93. The lowest BCUT2D eigenvalue weighted by Gasteiger charge is -2.40. The minimum atomic E-state index is -1.00. The van der Waals surface area contributed by atoms with Gasteiger partial charge in [-0.25, -0.2) is 9.69 Å². The highest BCUT2D eigenvalue weighted by atomic mass is 16.5. The molecule has 13 aromatic rings. The molecule has 0 fully saturated rings. The summed E-state index contributed by atoms with van der Waals surface area (Å²) in [5.74, 6) is 1.41. The van der Waals surface area contributed by atoms with Crippen molar-refractivity contribution in [3.63, 3.8) is 0 Å². The Hall–Kier alpha value is -9.83. The van der Waals surface area contributed by atoms with Crippen LogP contribution in [0.5, 0.6) is 11.5 Å². The molecule has 0 radical (unpaired) electrons. The topological polar surface area (TPSA) is 71.4 Å². The third kappa shape index (κ3) is 4.82. The number of ether oxygens (including phenoxy) is 1. The molecule has 0 amide bonds. The number of hydrogen-bond donors (Lipinski definition) is 0. The van der Waals surface area contributed by atoms with Gasteiger partial charge in [0.05, 0.1) is 86.8 Å². The van der Waals surface area contributed by atoms with Crippen LogP contribution >= 0.6 is 0 Å². The highest BCUT2D eigenvalue weighted by Gasteiger charge is 2.54. The van der Waals surface area contributed by atoms with Gasteiger partial charge in [0.15, 0.2) is 11.4 Å². The minimum Gasteiger partial charge on any atom is -0.457 e. The average Bonchev–Trinajstić information content (AvgIpc) is 4.12. The summed E-state index contributed by atoms with van der Waals surface area (Å²) < 4.78 is 14.2. The third-order valence-electron chi connectivity index (χ3n) is 14.5. The largest absolute Gasteiger partial charge is 0.457 e. The number of rotatable bonds is 3. The normalized spacial score (nSPS) is 14.5. The third-order valence-corrected chi connectivity index (χ3v) is 14.5. The van der Waals surface area contributed by atoms with Crippen LogP contribution in [-0.2, 0) is 5.41 Å². The van der Waals surface area contributed by atoms with Crippen molar-refractivity contribution in [3.05, 3.63) is 240 Å². The first-order valence-corrected chi connectivity index (χ1v) is 22.7. The van der Waals surface area contributed by atoms with E-state index in [1.165, 1.54) is 0 Å². The molecule has 2 aliphatic rings. The fraction of sp³-hybridized carbons (Fsp3) is 0.0167. The van der Waals surface area contributed by atoms with E-state index in [2.05, 4.69) is 156 Å². The van der Waals surface area contributed by atoms with Crippen LogP contribution in [0, 0.1) is 13.1 Å². The van der Waals surface area contributed by atoms with Crippen LogP contribution in [0.15, 0.2) is 195 Å². The van der Waals surface area contributed by atoms with Crippen molar-refractivity contribution in [3.8, 4) is 39.9 Å². The van der Waals surface area contributed by atoms with Crippen molar-refractivity contribution in [2.75, 3.05) is 0 Å². The molecule has 0 saturated carbocycles. The standard InChI is InChI=1S/C60H32N8O/c1-61-35-20-24-51-43(29-35)40-12-4-7-16-49(40)66(51)37-22-23-45-56(32-37)69-55-19-9-18-53(68-50-17-8-5-13-41(50)44-30-36(62-2)21-25-52(44)68)57(55)60(45)46-14-10-27-64-58(46)59-47(60)31-38(33-65-59)67-48-15-6-3-11-39(48)42-26-28-63-34-54(42)67/h3-34H. The molecule has 1 atom stereocenters. The predicted octanol–water partition coefficient (Wildman–Crippen LogP) is 14.7. The number of nitrogens with zero attached hydrogens (tertiary/aromatic N) is 8. The van der Waals surface area contributed by atoms with Gasteiger partial charge >= 0.3 is 0 Å². The maximum absolute atomic E-state index is 7.93. The van der Waals surface area contributed by atoms with Crippen LogP contribution in [0.1, 0.15) is 22.3 Å². The van der Waals surface area contributed by atoms with Gasteiger partial charge in [-0.15, -0.1) is 0 Å². The maximum Gasteiger partial charge on any atom is 0.188 e. The summed E-state index contributed by atoms with van der Waals surface area (Å²) in [7, 11) is 0. The molecule has 318 valence electrons. The molecule has 0 saturated heterocycles. The quantitative estimate of drug-likeness (QED) is 0.166. The minimum absolute atomic E-state index is 0.587. The smallest absolute Gasteiger partial charge is 0.188 e. The van der Waals surface area contributed by atoms with Crippen molar-refractivity contribution >= 4 is 76.8 Å². The van der Waals surface area contributed by atoms with Crippen LogP contribution in [-0.4, -0.2) is 28.7 Å². The average molecular weight is 881 g/mol. The van der Waals surface area contributed by atoms with E-state index >= 15 is 0 Å². The second-order valence-electron chi connectivity index (χ2n) is 17.7. The summed E-state index contributed by atoms with van der Waals surface area (Å²) in [5.41, 5.74) is 14.5. The second-order valence-corrected chi connectivity index (χ2v) is 17.7. The Morgan fingerprint density at radius 2 is 1.04 bits per heavy atom. The van der Waals surface area contributed by atoms with Gasteiger partial charge in [-0.2, -0.15) is 0 Å². The van der Waals surface area contributed by atoms with Gasteiger partial charge in [0.1, 0.15) is 11.5 Å². The monoisotopic (exact) mass is 880 g/mol. The lowest BCUT2D eigenvalue weighted by atomic mass is 9.65. The summed E-state index contributed by atoms with van der Waals surface area (Å²) >= 11 is 0. The van der Waals surface area contributed by atoms with E-state index in [-0.39, 0.29) is 0 Å². The van der Waals surface area contributed by atoms with Gasteiger partial charge < -0.3 is 18.4 Å². The molecular formula is C60H32N8O. The van der Waals surface area contributed by atoms with E-state index < -0.39 is 5.41 Å². The Morgan fingerprint density at radius 1 is 0.420 bits per heavy atom. The summed E-state index contributed by atoms with van der Waals surface area (Å²) in [4.78, 5) is 22.8.